The Hall–Kier alpha value is -2.77. The van der Waals surface area contributed by atoms with E-state index >= 15 is 0 Å². The Morgan fingerprint density at radius 1 is 1.19 bits per heavy atom. The van der Waals surface area contributed by atoms with Crippen LogP contribution in [-0.2, 0) is 16.0 Å². The second-order valence-electron chi connectivity index (χ2n) is 7.56. The zero-order valence-electron chi connectivity index (χ0n) is 15.5. The Labute approximate surface area is 158 Å². The first-order chi connectivity index (χ1) is 13.1. The molecule has 0 N–H and O–H groups in total. The van der Waals surface area contributed by atoms with Gasteiger partial charge in [-0.15, -0.1) is 5.10 Å². The zero-order chi connectivity index (χ0) is 18.9. The van der Waals surface area contributed by atoms with Gasteiger partial charge in [0.2, 0.25) is 11.8 Å². The lowest BCUT2D eigenvalue weighted by atomic mass is 9.77. The molecule has 0 unspecified atom stereocenters. The van der Waals surface area contributed by atoms with Crippen LogP contribution in [0.25, 0.3) is 5.69 Å². The summed E-state index contributed by atoms with van der Waals surface area (Å²) in [6.45, 7) is 5.14. The summed E-state index contributed by atoms with van der Waals surface area (Å²) in [7, 11) is 0. The monoisotopic (exact) mass is 368 g/mol. The van der Waals surface area contributed by atoms with Crippen molar-refractivity contribution < 1.29 is 9.59 Å². The number of hydrogen-bond donors (Lipinski definition) is 0. The van der Waals surface area contributed by atoms with Crippen molar-refractivity contribution in [3.05, 3.63) is 36.2 Å². The molecule has 2 amide bonds. The van der Waals surface area contributed by atoms with Gasteiger partial charge >= 0.3 is 0 Å². The van der Waals surface area contributed by atoms with Gasteiger partial charge in [-0.25, -0.2) is 4.68 Å². The quantitative estimate of drug-likeness (QED) is 0.806. The number of carbonyl (C=O) groups is 2. The van der Waals surface area contributed by atoms with Crippen LogP contribution >= 0.6 is 0 Å². The Balaban J connectivity index is 1.33. The summed E-state index contributed by atoms with van der Waals surface area (Å²) in [5, 5.41) is 11.1. The third kappa shape index (κ3) is 3.56. The van der Waals surface area contributed by atoms with Gasteiger partial charge < -0.3 is 9.80 Å². The van der Waals surface area contributed by atoms with E-state index in [0.29, 0.717) is 12.8 Å². The van der Waals surface area contributed by atoms with Crippen molar-refractivity contribution in [2.24, 2.45) is 5.41 Å². The lowest BCUT2D eigenvalue weighted by molar-refractivity contribution is -0.132. The van der Waals surface area contributed by atoms with Crippen molar-refractivity contribution in [2.45, 2.75) is 32.6 Å². The highest BCUT2D eigenvalue weighted by atomic mass is 16.2. The van der Waals surface area contributed by atoms with Crippen LogP contribution in [0.3, 0.4) is 0 Å². The molecule has 2 aliphatic heterocycles. The topological polar surface area (TPSA) is 84.2 Å². The van der Waals surface area contributed by atoms with Gasteiger partial charge in [0.05, 0.1) is 12.1 Å². The van der Waals surface area contributed by atoms with Crippen molar-refractivity contribution in [1.29, 1.82) is 0 Å². The molecule has 2 aromatic rings. The summed E-state index contributed by atoms with van der Waals surface area (Å²) in [4.78, 5) is 28.7. The number of aromatic nitrogens is 4. The third-order valence-corrected chi connectivity index (χ3v) is 5.87. The summed E-state index contributed by atoms with van der Waals surface area (Å²) < 4.78 is 1.58. The van der Waals surface area contributed by atoms with E-state index in [0.717, 1.165) is 50.3 Å². The standard InChI is InChI=1S/C19H24N6O2/c1-2-23-13-19(12-18(23)27)7-9-24(10-8-19)17(26)11-15-3-5-16(6-4-15)25-14-20-21-22-25/h3-6,14H,2,7-13H2,1H3. The lowest BCUT2D eigenvalue weighted by Gasteiger charge is -2.38. The van der Waals surface area contributed by atoms with Gasteiger partial charge in [-0.3, -0.25) is 9.59 Å². The smallest absolute Gasteiger partial charge is 0.226 e. The fourth-order valence-electron chi connectivity index (χ4n) is 4.17. The van der Waals surface area contributed by atoms with Crippen molar-refractivity contribution in [2.75, 3.05) is 26.2 Å². The average Bonchev–Trinajstić information content (AvgIpc) is 3.31. The molecule has 2 fully saturated rings. The normalized spacial score (nSPS) is 19.1. The van der Waals surface area contributed by atoms with E-state index in [1.807, 2.05) is 41.0 Å². The number of rotatable bonds is 4. The van der Waals surface area contributed by atoms with Gasteiger partial charge in [-0.1, -0.05) is 12.1 Å². The Morgan fingerprint density at radius 2 is 1.93 bits per heavy atom. The van der Waals surface area contributed by atoms with E-state index in [4.69, 9.17) is 0 Å². The highest BCUT2D eigenvalue weighted by Crippen LogP contribution is 2.40. The van der Waals surface area contributed by atoms with Gasteiger partial charge in [0.15, 0.2) is 0 Å². The minimum absolute atomic E-state index is 0.0807. The van der Waals surface area contributed by atoms with Crippen molar-refractivity contribution in [3.63, 3.8) is 0 Å². The number of hydrogen-bond acceptors (Lipinski definition) is 5. The molecule has 1 aromatic heterocycles. The molecule has 1 aromatic carbocycles. The molecule has 27 heavy (non-hydrogen) atoms. The molecule has 142 valence electrons. The Morgan fingerprint density at radius 3 is 2.52 bits per heavy atom. The number of nitrogens with zero attached hydrogens (tertiary/aromatic N) is 6. The summed E-state index contributed by atoms with van der Waals surface area (Å²) in [5.74, 6) is 0.414. The van der Waals surface area contributed by atoms with Gasteiger partial charge in [0.25, 0.3) is 0 Å². The van der Waals surface area contributed by atoms with Gasteiger partial charge in [0.1, 0.15) is 6.33 Å². The number of tetrazole rings is 1. The van der Waals surface area contributed by atoms with Crippen LogP contribution in [0.1, 0.15) is 31.7 Å². The first kappa shape index (κ1) is 17.6. The minimum atomic E-state index is 0.0807. The van der Waals surface area contributed by atoms with Crippen molar-refractivity contribution in [3.8, 4) is 5.69 Å². The van der Waals surface area contributed by atoms with Crippen LogP contribution in [0.4, 0.5) is 0 Å². The van der Waals surface area contributed by atoms with Crippen LogP contribution < -0.4 is 0 Å². The molecule has 2 aliphatic rings. The maximum absolute atomic E-state index is 12.7. The van der Waals surface area contributed by atoms with Crippen LogP contribution in [0.5, 0.6) is 0 Å². The van der Waals surface area contributed by atoms with E-state index in [1.54, 1.807) is 4.68 Å². The summed E-state index contributed by atoms with van der Waals surface area (Å²) in [6, 6.07) is 7.70. The van der Waals surface area contributed by atoms with Gasteiger partial charge in [-0.05, 0) is 47.9 Å². The summed E-state index contributed by atoms with van der Waals surface area (Å²) in [5.41, 5.74) is 1.92. The maximum atomic E-state index is 12.7. The Bertz CT molecular complexity index is 809. The Kier molecular flexibility index (Phi) is 4.63. The molecule has 0 saturated carbocycles. The van der Waals surface area contributed by atoms with E-state index in [9.17, 15) is 9.59 Å². The van der Waals surface area contributed by atoms with Crippen LogP contribution in [0.2, 0.25) is 0 Å². The molecule has 4 rings (SSSR count). The molecule has 0 aliphatic carbocycles. The molecule has 0 radical (unpaired) electrons. The molecule has 8 heteroatoms. The zero-order valence-corrected chi connectivity index (χ0v) is 15.5. The van der Waals surface area contributed by atoms with Crippen LogP contribution in [0.15, 0.2) is 30.6 Å². The number of amides is 2. The lowest BCUT2D eigenvalue weighted by Crippen LogP contribution is -2.44. The molecular weight excluding hydrogens is 344 g/mol. The first-order valence-corrected chi connectivity index (χ1v) is 9.46. The molecule has 8 nitrogen and oxygen atoms in total. The minimum Gasteiger partial charge on any atom is -0.342 e. The fourth-order valence-corrected chi connectivity index (χ4v) is 4.17. The highest BCUT2D eigenvalue weighted by molar-refractivity contribution is 5.80. The molecule has 1 spiro atoms. The van der Waals surface area contributed by atoms with E-state index in [2.05, 4.69) is 15.5 Å². The molecule has 0 bridgehead atoms. The van der Waals surface area contributed by atoms with Crippen LogP contribution in [0, 0.1) is 5.41 Å². The number of piperidine rings is 1. The fraction of sp³-hybridized carbons (Fsp3) is 0.526. The van der Waals surface area contributed by atoms with Crippen molar-refractivity contribution >= 4 is 11.8 Å². The third-order valence-electron chi connectivity index (χ3n) is 5.87. The summed E-state index contributed by atoms with van der Waals surface area (Å²) in [6.07, 6.45) is 4.40. The van der Waals surface area contributed by atoms with Crippen molar-refractivity contribution in [1.82, 2.24) is 30.0 Å². The van der Waals surface area contributed by atoms with Gasteiger partial charge in [0, 0.05) is 38.0 Å². The predicted molar refractivity (Wildman–Crippen MR) is 98.0 cm³/mol. The first-order valence-electron chi connectivity index (χ1n) is 9.46. The molecule has 0 atom stereocenters. The maximum Gasteiger partial charge on any atom is 0.226 e. The molecular formula is C19H24N6O2. The largest absolute Gasteiger partial charge is 0.342 e. The van der Waals surface area contributed by atoms with Gasteiger partial charge in [-0.2, -0.15) is 0 Å². The molecule has 2 saturated heterocycles. The van der Waals surface area contributed by atoms with Crippen LogP contribution in [-0.4, -0.2) is 68.0 Å². The number of carbonyl (C=O) groups excluding carboxylic acids is 2. The van der Waals surface area contributed by atoms with E-state index in [1.165, 1.54) is 6.33 Å². The highest BCUT2D eigenvalue weighted by Gasteiger charge is 2.44. The SMILES string of the molecule is CCN1CC2(CCN(C(=O)Cc3ccc(-n4cnnn4)cc3)CC2)CC1=O. The number of likely N-dealkylation sites (tertiary alicyclic amines) is 2. The predicted octanol–water partition coefficient (Wildman–Crippen LogP) is 1.07. The number of benzene rings is 1. The van der Waals surface area contributed by atoms with E-state index in [-0.39, 0.29) is 17.2 Å². The second kappa shape index (κ2) is 7.09. The van der Waals surface area contributed by atoms with E-state index < -0.39 is 0 Å². The second-order valence-corrected chi connectivity index (χ2v) is 7.56. The molecule has 3 heterocycles. The average molecular weight is 368 g/mol. The summed E-state index contributed by atoms with van der Waals surface area (Å²) >= 11 is 0.